The molecule has 0 aromatic carbocycles. The normalized spacial score (nSPS) is 12.7. The van der Waals surface area contributed by atoms with Gasteiger partial charge in [0.25, 0.3) is 5.91 Å². The molecule has 0 aliphatic heterocycles. The summed E-state index contributed by atoms with van der Waals surface area (Å²) in [5, 5.41) is 11.0. The van der Waals surface area contributed by atoms with Crippen molar-refractivity contribution in [3.8, 4) is 0 Å². The Morgan fingerprint density at radius 3 is 2.76 bits per heavy atom. The largest absolute Gasteiger partial charge is 0.342 e. The standard InChI is InChI=1S/C17H23N7O/c1-5-6-23-10-20-22-15(23)12(4)21-17(25)13-7-14-16(18-8-13)24(9-19-14)11(2)3/h7-12H,5-6H2,1-4H3,(H,21,25). The van der Waals surface area contributed by atoms with Crippen molar-refractivity contribution in [2.45, 2.75) is 52.7 Å². The average molecular weight is 341 g/mol. The zero-order chi connectivity index (χ0) is 18.0. The van der Waals surface area contributed by atoms with Crippen LogP contribution in [0.25, 0.3) is 11.2 Å². The van der Waals surface area contributed by atoms with Crippen LogP contribution in [0.1, 0.15) is 62.4 Å². The first-order valence-corrected chi connectivity index (χ1v) is 8.52. The topological polar surface area (TPSA) is 90.5 Å². The number of aryl methyl sites for hydroxylation is 1. The van der Waals surface area contributed by atoms with E-state index in [4.69, 9.17) is 0 Å². The van der Waals surface area contributed by atoms with Crippen molar-refractivity contribution in [3.63, 3.8) is 0 Å². The number of pyridine rings is 1. The van der Waals surface area contributed by atoms with Gasteiger partial charge < -0.3 is 14.5 Å². The van der Waals surface area contributed by atoms with Crippen molar-refractivity contribution in [3.05, 3.63) is 36.3 Å². The molecule has 0 fully saturated rings. The number of hydrogen-bond donors (Lipinski definition) is 1. The lowest BCUT2D eigenvalue weighted by atomic mass is 10.2. The second-order valence-electron chi connectivity index (χ2n) is 6.39. The summed E-state index contributed by atoms with van der Waals surface area (Å²) in [6, 6.07) is 1.78. The highest BCUT2D eigenvalue weighted by molar-refractivity contribution is 5.96. The molecular formula is C17H23N7O. The fourth-order valence-corrected chi connectivity index (χ4v) is 2.78. The van der Waals surface area contributed by atoms with E-state index in [1.165, 1.54) is 0 Å². The monoisotopic (exact) mass is 341 g/mol. The Balaban J connectivity index is 1.78. The van der Waals surface area contributed by atoms with Gasteiger partial charge >= 0.3 is 0 Å². The van der Waals surface area contributed by atoms with Gasteiger partial charge in [0.05, 0.1) is 17.9 Å². The quantitative estimate of drug-likeness (QED) is 0.744. The molecule has 3 rings (SSSR count). The molecule has 3 heterocycles. The predicted octanol–water partition coefficient (Wildman–Crippen LogP) is 2.50. The van der Waals surface area contributed by atoms with Gasteiger partial charge in [-0.15, -0.1) is 10.2 Å². The summed E-state index contributed by atoms with van der Waals surface area (Å²) >= 11 is 0. The van der Waals surface area contributed by atoms with Crippen LogP contribution in [0.2, 0.25) is 0 Å². The van der Waals surface area contributed by atoms with Crippen molar-refractivity contribution < 1.29 is 4.79 Å². The third-order valence-electron chi connectivity index (χ3n) is 4.08. The Morgan fingerprint density at radius 1 is 1.24 bits per heavy atom. The number of imidazole rings is 1. The first-order valence-electron chi connectivity index (χ1n) is 8.52. The van der Waals surface area contributed by atoms with Crippen LogP contribution >= 0.6 is 0 Å². The Morgan fingerprint density at radius 2 is 2.04 bits per heavy atom. The molecule has 0 saturated heterocycles. The van der Waals surface area contributed by atoms with Crippen LogP contribution in [0, 0.1) is 0 Å². The van der Waals surface area contributed by atoms with Crippen LogP contribution in [0.3, 0.4) is 0 Å². The predicted molar refractivity (Wildman–Crippen MR) is 94.1 cm³/mol. The lowest BCUT2D eigenvalue weighted by molar-refractivity contribution is 0.0937. The molecule has 1 unspecified atom stereocenters. The molecule has 0 aliphatic rings. The van der Waals surface area contributed by atoms with Crippen LogP contribution in [-0.4, -0.2) is 35.2 Å². The molecule has 0 saturated carbocycles. The third kappa shape index (κ3) is 3.38. The average Bonchev–Trinajstić information content (AvgIpc) is 3.20. The van der Waals surface area contributed by atoms with E-state index in [1.54, 1.807) is 24.9 Å². The van der Waals surface area contributed by atoms with Crippen molar-refractivity contribution in [1.29, 1.82) is 0 Å². The fraction of sp³-hybridized carbons (Fsp3) is 0.471. The molecule has 0 radical (unpaired) electrons. The Labute approximate surface area is 146 Å². The maximum Gasteiger partial charge on any atom is 0.253 e. The Kier molecular flexibility index (Phi) is 4.78. The van der Waals surface area contributed by atoms with Crippen LogP contribution in [0.5, 0.6) is 0 Å². The molecule has 1 amide bonds. The molecule has 8 heteroatoms. The van der Waals surface area contributed by atoms with Gasteiger partial charge in [-0.3, -0.25) is 4.79 Å². The second kappa shape index (κ2) is 7.00. The maximum atomic E-state index is 12.6. The molecule has 0 aliphatic carbocycles. The SMILES string of the molecule is CCCn1cnnc1C(C)NC(=O)c1cnc2c(c1)ncn2C(C)C. The summed E-state index contributed by atoms with van der Waals surface area (Å²) in [6.45, 7) is 8.94. The summed E-state index contributed by atoms with van der Waals surface area (Å²) in [4.78, 5) is 21.3. The van der Waals surface area contributed by atoms with Crippen LogP contribution in [-0.2, 0) is 6.54 Å². The highest BCUT2D eigenvalue weighted by atomic mass is 16.1. The molecule has 8 nitrogen and oxygen atoms in total. The number of nitrogens with zero attached hydrogens (tertiary/aromatic N) is 6. The van der Waals surface area contributed by atoms with Gasteiger partial charge in [0, 0.05) is 18.8 Å². The summed E-state index contributed by atoms with van der Waals surface area (Å²) < 4.78 is 3.93. The van der Waals surface area contributed by atoms with E-state index in [1.807, 2.05) is 16.1 Å². The number of rotatable bonds is 6. The number of aromatic nitrogens is 6. The van der Waals surface area contributed by atoms with Crippen LogP contribution in [0.4, 0.5) is 0 Å². The summed E-state index contributed by atoms with van der Waals surface area (Å²) in [6.07, 6.45) is 6.00. The molecule has 1 N–H and O–H groups in total. The Hall–Kier alpha value is -2.77. The fourth-order valence-electron chi connectivity index (χ4n) is 2.78. The van der Waals surface area contributed by atoms with E-state index in [2.05, 4.69) is 46.3 Å². The molecule has 3 aromatic heterocycles. The van der Waals surface area contributed by atoms with E-state index in [0.29, 0.717) is 11.1 Å². The smallest absolute Gasteiger partial charge is 0.253 e. The lowest BCUT2D eigenvalue weighted by Gasteiger charge is -2.14. The highest BCUT2D eigenvalue weighted by Gasteiger charge is 2.18. The first kappa shape index (κ1) is 17.1. The molecule has 25 heavy (non-hydrogen) atoms. The van der Waals surface area contributed by atoms with E-state index in [-0.39, 0.29) is 18.0 Å². The van der Waals surface area contributed by atoms with E-state index < -0.39 is 0 Å². The minimum atomic E-state index is -0.245. The van der Waals surface area contributed by atoms with Gasteiger partial charge in [-0.2, -0.15) is 0 Å². The zero-order valence-corrected chi connectivity index (χ0v) is 15.0. The number of carbonyl (C=O) groups excluding carboxylic acids is 1. The summed E-state index contributed by atoms with van der Waals surface area (Å²) in [7, 11) is 0. The second-order valence-corrected chi connectivity index (χ2v) is 6.39. The van der Waals surface area contributed by atoms with Crippen molar-refractivity contribution in [2.75, 3.05) is 0 Å². The summed E-state index contributed by atoms with van der Waals surface area (Å²) in [5.74, 6) is 0.542. The van der Waals surface area contributed by atoms with E-state index in [0.717, 1.165) is 24.4 Å². The number of carbonyl (C=O) groups is 1. The van der Waals surface area contributed by atoms with Gasteiger partial charge in [-0.1, -0.05) is 6.92 Å². The third-order valence-corrected chi connectivity index (χ3v) is 4.08. The van der Waals surface area contributed by atoms with E-state index in [9.17, 15) is 4.79 Å². The molecular weight excluding hydrogens is 318 g/mol. The molecule has 1 atom stereocenters. The van der Waals surface area contributed by atoms with Gasteiger partial charge in [0.1, 0.15) is 11.8 Å². The molecule has 0 bridgehead atoms. The molecule has 3 aromatic rings. The number of amides is 1. The minimum Gasteiger partial charge on any atom is -0.342 e. The van der Waals surface area contributed by atoms with Crippen LogP contribution in [0.15, 0.2) is 24.9 Å². The minimum absolute atomic E-state index is 0.202. The Bertz CT molecular complexity index is 880. The number of nitrogens with one attached hydrogen (secondary N) is 1. The van der Waals surface area contributed by atoms with E-state index >= 15 is 0 Å². The van der Waals surface area contributed by atoms with Crippen LogP contribution < -0.4 is 5.32 Å². The highest BCUT2D eigenvalue weighted by Crippen LogP contribution is 2.17. The first-order chi connectivity index (χ1) is 12.0. The maximum absolute atomic E-state index is 12.6. The van der Waals surface area contributed by atoms with Gasteiger partial charge in [-0.25, -0.2) is 9.97 Å². The lowest BCUT2D eigenvalue weighted by Crippen LogP contribution is -2.28. The van der Waals surface area contributed by atoms with Gasteiger partial charge in [-0.05, 0) is 33.3 Å². The van der Waals surface area contributed by atoms with Gasteiger partial charge in [0.15, 0.2) is 11.5 Å². The van der Waals surface area contributed by atoms with Crippen molar-refractivity contribution in [1.82, 2.24) is 34.6 Å². The van der Waals surface area contributed by atoms with Gasteiger partial charge in [0.2, 0.25) is 0 Å². The zero-order valence-electron chi connectivity index (χ0n) is 15.0. The number of hydrogen-bond acceptors (Lipinski definition) is 5. The van der Waals surface area contributed by atoms with Crippen molar-refractivity contribution >= 4 is 17.1 Å². The number of fused-ring (bicyclic) bond motifs is 1. The summed E-state index contributed by atoms with van der Waals surface area (Å²) in [5.41, 5.74) is 1.97. The molecule has 132 valence electrons. The van der Waals surface area contributed by atoms with Crippen molar-refractivity contribution in [2.24, 2.45) is 0 Å². The molecule has 0 spiro atoms.